The van der Waals surface area contributed by atoms with Crippen LogP contribution in [0.2, 0.25) is 0 Å². The van der Waals surface area contributed by atoms with Crippen LogP contribution in [0.25, 0.3) is 5.69 Å². The molecule has 4 heteroatoms. The predicted molar refractivity (Wildman–Crippen MR) is 80.7 cm³/mol. The number of rotatable bonds is 4. The van der Waals surface area contributed by atoms with Crippen LogP contribution in [0.4, 0.5) is 0 Å². The van der Waals surface area contributed by atoms with Crippen LogP contribution in [0, 0.1) is 0 Å². The molecule has 2 N–H and O–H groups in total. The van der Waals surface area contributed by atoms with Crippen molar-refractivity contribution in [3.8, 4) is 5.69 Å². The Morgan fingerprint density at radius 1 is 1.37 bits per heavy atom. The molecule has 3 nitrogen and oxygen atoms in total. The summed E-state index contributed by atoms with van der Waals surface area (Å²) in [5.41, 5.74) is 9.42. The largest absolute Gasteiger partial charge is 0.330 e. The van der Waals surface area contributed by atoms with Crippen LogP contribution in [0.5, 0.6) is 0 Å². The molecule has 1 unspecified atom stereocenters. The summed E-state index contributed by atoms with van der Waals surface area (Å²) in [4.78, 5) is 0. The Bertz CT molecular complexity index is 570. The second-order valence-electron chi connectivity index (χ2n) is 5.29. The van der Waals surface area contributed by atoms with E-state index in [9.17, 15) is 0 Å². The predicted octanol–water partition coefficient (Wildman–Crippen LogP) is 3.57. The Morgan fingerprint density at radius 3 is 2.63 bits per heavy atom. The number of nitrogens with two attached hydrogens (primary N) is 1. The van der Waals surface area contributed by atoms with Crippen molar-refractivity contribution in [2.24, 2.45) is 5.73 Å². The van der Waals surface area contributed by atoms with Crippen molar-refractivity contribution in [1.29, 1.82) is 0 Å². The quantitative estimate of drug-likeness (QED) is 0.936. The van der Waals surface area contributed by atoms with Crippen molar-refractivity contribution in [3.63, 3.8) is 0 Å². The molecule has 0 bridgehead atoms. The SMILES string of the molecule is CC(CN)c1ccc(-n2ncc(Br)c2C2CC2)cc1. The fourth-order valence-electron chi connectivity index (χ4n) is 2.35. The van der Waals surface area contributed by atoms with Gasteiger partial charge in [0, 0.05) is 5.92 Å². The lowest BCUT2D eigenvalue weighted by Gasteiger charge is -2.11. The molecule has 100 valence electrons. The van der Waals surface area contributed by atoms with Gasteiger partial charge in [-0.1, -0.05) is 19.1 Å². The van der Waals surface area contributed by atoms with Gasteiger partial charge in [0.1, 0.15) is 0 Å². The average molecular weight is 320 g/mol. The molecule has 0 aliphatic heterocycles. The second kappa shape index (κ2) is 5.10. The van der Waals surface area contributed by atoms with Crippen molar-refractivity contribution in [2.75, 3.05) is 6.54 Å². The van der Waals surface area contributed by atoms with Crippen LogP contribution in [-0.4, -0.2) is 16.3 Å². The van der Waals surface area contributed by atoms with E-state index in [2.05, 4.69) is 56.9 Å². The smallest absolute Gasteiger partial charge is 0.0649 e. The Labute approximate surface area is 121 Å². The van der Waals surface area contributed by atoms with Crippen molar-refractivity contribution in [2.45, 2.75) is 31.6 Å². The lowest BCUT2D eigenvalue weighted by Crippen LogP contribution is -2.09. The van der Waals surface area contributed by atoms with E-state index >= 15 is 0 Å². The highest BCUT2D eigenvalue weighted by atomic mass is 79.9. The average Bonchev–Trinajstić information content (AvgIpc) is 3.21. The molecule has 1 aromatic heterocycles. The molecule has 3 rings (SSSR count). The van der Waals surface area contributed by atoms with Crippen LogP contribution in [0.3, 0.4) is 0 Å². The Balaban J connectivity index is 1.94. The van der Waals surface area contributed by atoms with Crippen LogP contribution in [-0.2, 0) is 0 Å². The highest BCUT2D eigenvalue weighted by Crippen LogP contribution is 2.43. The lowest BCUT2D eigenvalue weighted by atomic mass is 10.0. The molecule has 1 aliphatic carbocycles. The Morgan fingerprint density at radius 2 is 2.05 bits per heavy atom. The number of halogens is 1. The molecule has 19 heavy (non-hydrogen) atoms. The molecule has 1 aliphatic rings. The molecular weight excluding hydrogens is 302 g/mol. The number of aromatic nitrogens is 2. The van der Waals surface area contributed by atoms with E-state index in [1.807, 2.05) is 6.20 Å². The third-order valence-corrected chi connectivity index (χ3v) is 4.39. The van der Waals surface area contributed by atoms with Gasteiger partial charge in [0.25, 0.3) is 0 Å². The zero-order valence-corrected chi connectivity index (χ0v) is 12.6. The van der Waals surface area contributed by atoms with E-state index in [1.165, 1.54) is 24.1 Å². The van der Waals surface area contributed by atoms with Gasteiger partial charge in [-0.05, 0) is 58.9 Å². The topological polar surface area (TPSA) is 43.8 Å². The normalized spacial score (nSPS) is 16.6. The van der Waals surface area contributed by atoms with Crippen LogP contribution < -0.4 is 5.73 Å². The van der Waals surface area contributed by atoms with Gasteiger partial charge in [-0.3, -0.25) is 0 Å². The van der Waals surface area contributed by atoms with E-state index in [0.29, 0.717) is 18.4 Å². The first-order valence-corrected chi connectivity index (χ1v) is 7.54. The summed E-state index contributed by atoms with van der Waals surface area (Å²) in [7, 11) is 0. The summed E-state index contributed by atoms with van der Waals surface area (Å²) in [5.74, 6) is 1.07. The first-order valence-electron chi connectivity index (χ1n) is 6.74. The fraction of sp³-hybridized carbons (Fsp3) is 0.400. The minimum atomic E-state index is 0.404. The standard InChI is InChI=1S/C15H18BrN3/c1-10(8-17)11-4-6-13(7-5-11)19-15(12-2-3-12)14(16)9-18-19/h4-7,9-10,12H,2-3,8,17H2,1H3. The number of nitrogens with zero attached hydrogens (tertiary/aromatic N) is 2. The van der Waals surface area contributed by atoms with Gasteiger partial charge >= 0.3 is 0 Å². The minimum Gasteiger partial charge on any atom is -0.330 e. The minimum absolute atomic E-state index is 0.404. The molecule has 2 aromatic rings. The summed E-state index contributed by atoms with van der Waals surface area (Å²) in [6.07, 6.45) is 4.43. The molecular formula is C15H18BrN3. The first kappa shape index (κ1) is 12.9. The maximum Gasteiger partial charge on any atom is 0.0649 e. The summed E-state index contributed by atoms with van der Waals surface area (Å²) < 4.78 is 3.17. The van der Waals surface area contributed by atoms with Crippen molar-refractivity contribution in [1.82, 2.24) is 9.78 Å². The highest BCUT2D eigenvalue weighted by Gasteiger charge is 2.30. The summed E-state index contributed by atoms with van der Waals surface area (Å²) in [6, 6.07) is 8.57. The molecule has 1 fully saturated rings. The molecule has 1 aromatic carbocycles. The van der Waals surface area contributed by atoms with Crippen LogP contribution in [0.15, 0.2) is 34.9 Å². The molecule has 1 saturated carbocycles. The Kier molecular flexibility index (Phi) is 3.46. The molecule has 0 saturated heterocycles. The summed E-state index contributed by atoms with van der Waals surface area (Å²) >= 11 is 3.60. The van der Waals surface area contributed by atoms with E-state index in [0.717, 1.165) is 10.2 Å². The molecule has 0 amide bonds. The molecule has 0 radical (unpaired) electrons. The van der Waals surface area contributed by atoms with Crippen LogP contribution in [0.1, 0.15) is 42.9 Å². The van der Waals surface area contributed by atoms with Gasteiger partial charge in [-0.15, -0.1) is 0 Å². The maximum atomic E-state index is 5.70. The van der Waals surface area contributed by atoms with Crippen molar-refractivity contribution >= 4 is 15.9 Å². The van der Waals surface area contributed by atoms with E-state index in [4.69, 9.17) is 5.73 Å². The molecule has 0 spiro atoms. The monoisotopic (exact) mass is 319 g/mol. The highest BCUT2D eigenvalue weighted by molar-refractivity contribution is 9.10. The third kappa shape index (κ3) is 2.47. The Hall–Kier alpha value is -1.13. The lowest BCUT2D eigenvalue weighted by molar-refractivity contribution is 0.769. The van der Waals surface area contributed by atoms with Crippen molar-refractivity contribution in [3.05, 3.63) is 46.2 Å². The second-order valence-corrected chi connectivity index (χ2v) is 6.15. The van der Waals surface area contributed by atoms with Gasteiger partial charge in [-0.2, -0.15) is 5.10 Å². The van der Waals surface area contributed by atoms with Gasteiger partial charge < -0.3 is 5.73 Å². The zero-order valence-electron chi connectivity index (χ0n) is 11.0. The maximum absolute atomic E-state index is 5.70. The van der Waals surface area contributed by atoms with E-state index in [-0.39, 0.29) is 0 Å². The van der Waals surface area contributed by atoms with Gasteiger partial charge in [-0.25, -0.2) is 4.68 Å². The molecule has 1 atom stereocenters. The summed E-state index contributed by atoms with van der Waals surface area (Å²) in [6.45, 7) is 2.83. The first-order chi connectivity index (χ1) is 9.20. The van der Waals surface area contributed by atoms with Gasteiger partial charge in [0.2, 0.25) is 0 Å². The van der Waals surface area contributed by atoms with Crippen LogP contribution >= 0.6 is 15.9 Å². The summed E-state index contributed by atoms with van der Waals surface area (Å²) in [5, 5.41) is 4.49. The van der Waals surface area contributed by atoms with Gasteiger partial charge in [0.15, 0.2) is 0 Å². The molecule has 1 heterocycles. The number of hydrogen-bond acceptors (Lipinski definition) is 2. The number of hydrogen-bond donors (Lipinski definition) is 1. The fourth-order valence-corrected chi connectivity index (χ4v) is 2.93. The van der Waals surface area contributed by atoms with E-state index in [1.54, 1.807) is 0 Å². The van der Waals surface area contributed by atoms with Gasteiger partial charge in [0.05, 0.1) is 22.1 Å². The van der Waals surface area contributed by atoms with E-state index < -0.39 is 0 Å². The third-order valence-electron chi connectivity index (χ3n) is 3.78. The van der Waals surface area contributed by atoms with Crippen molar-refractivity contribution < 1.29 is 0 Å². The zero-order chi connectivity index (χ0) is 13.4. The number of benzene rings is 1.